The molecular formula is C18H33Cl2N3OS. The number of thiol groups is 1. The first kappa shape index (κ1) is 24.8. The minimum absolute atomic E-state index is 0.00594. The molecular weight excluding hydrogens is 377 g/mol. The van der Waals surface area contributed by atoms with Gasteiger partial charge in [-0.2, -0.15) is 12.6 Å². The molecule has 0 saturated carbocycles. The normalized spacial score (nSPS) is 12.2. The van der Waals surface area contributed by atoms with E-state index < -0.39 is 0 Å². The van der Waals surface area contributed by atoms with Crippen LogP contribution < -0.4 is 5.73 Å². The van der Waals surface area contributed by atoms with E-state index in [2.05, 4.69) is 36.3 Å². The van der Waals surface area contributed by atoms with Crippen LogP contribution in [0.25, 0.3) is 0 Å². The van der Waals surface area contributed by atoms with Crippen LogP contribution in [0.3, 0.4) is 0 Å². The first-order valence-electron chi connectivity index (χ1n) is 8.94. The van der Waals surface area contributed by atoms with Crippen molar-refractivity contribution in [1.82, 2.24) is 9.80 Å². The fraction of sp³-hybridized carbons (Fsp3) is 0.667. The van der Waals surface area contributed by atoms with Crippen molar-refractivity contribution in [1.29, 1.82) is 0 Å². The van der Waals surface area contributed by atoms with E-state index in [0.29, 0.717) is 18.2 Å². The molecule has 0 heterocycles. The molecule has 1 rings (SSSR count). The minimum atomic E-state index is 0.00594. The fourth-order valence-electron chi connectivity index (χ4n) is 2.39. The van der Waals surface area contributed by atoms with Gasteiger partial charge in [-0.15, -0.1) is 0 Å². The second-order valence-electron chi connectivity index (χ2n) is 5.48. The van der Waals surface area contributed by atoms with Crippen LogP contribution >= 0.6 is 35.8 Å². The maximum absolute atomic E-state index is 9.61. The number of hydrogen-bond acceptors (Lipinski definition) is 5. The molecule has 1 aromatic carbocycles. The zero-order valence-electron chi connectivity index (χ0n) is 15.8. The van der Waals surface area contributed by atoms with Gasteiger partial charge in [0, 0.05) is 26.3 Å². The lowest BCUT2D eigenvalue weighted by Gasteiger charge is -2.29. The number of hydrogen-bond donors (Lipinski definition) is 3. The molecule has 0 radical (unpaired) electrons. The lowest BCUT2D eigenvalue weighted by Crippen LogP contribution is -2.36. The van der Waals surface area contributed by atoms with Crippen LogP contribution in [-0.2, 0) is 6.54 Å². The molecule has 146 valence electrons. The Labute approximate surface area is 168 Å². The van der Waals surface area contributed by atoms with Crippen molar-refractivity contribution in [3.63, 3.8) is 0 Å². The van der Waals surface area contributed by atoms with Crippen LogP contribution in [0.2, 0.25) is 10.0 Å². The van der Waals surface area contributed by atoms with Gasteiger partial charge in [0.25, 0.3) is 0 Å². The summed E-state index contributed by atoms with van der Waals surface area (Å²) in [6.07, 6.45) is 1.94. The molecule has 0 aliphatic carbocycles. The standard InChI is InChI=1S/C16H27Cl2N3OS.C2H6/c1-3-14(23)21(9-5-8-20(4-2)11-19)10-12-6-7-13(22)16(18)15(12)17;1-2/h6-7,14,22-23H,3-5,8-11,19H2,1-2H3;1-2H3. The Morgan fingerprint density at radius 3 is 2.32 bits per heavy atom. The monoisotopic (exact) mass is 409 g/mol. The lowest BCUT2D eigenvalue weighted by atomic mass is 10.2. The number of benzene rings is 1. The van der Waals surface area contributed by atoms with Gasteiger partial charge in [-0.25, -0.2) is 0 Å². The van der Waals surface area contributed by atoms with Crippen LogP contribution in [0.4, 0.5) is 0 Å². The van der Waals surface area contributed by atoms with Gasteiger partial charge in [0.1, 0.15) is 10.8 Å². The van der Waals surface area contributed by atoms with Gasteiger partial charge >= 0.3 is 0 Å². The molecule has 1 aromatic rings. The molecule has 0 aromatic heterocycles. The number of nitrogens with two attached hydrogens (primary N) is 1. The molecule has 7 heteroatoms. The van der Waals surface area contributed by atoms with Crippen LogP contribution in [0.15, 0.2) is 12.1 Å². The second kappa shape index (κ2) is 14.0. The molecule has 0 aliphatic rings. The summed E-state index contributed by atoms with van der Waals surface area (Å²) in [6, 6.07) is 3.39. The molecule has 1 atom stereocenters. The number of phenols is 1. The van der Waals surface area contributed by atoms with Crippen molar-refractivity contribution in [3.05, 3.63) is 27.7 Å². The first-order valence-corrected chi connectivity index (χ1v) is 10.2. The maximum atomic E-state index is 9.61. The molecule has 0 fully saturated rings. The molecule has 3 N–H and O–H groups in total. The second-order valence-corrected chi connectivity index (χ2v) is 6.83. The predicted octanol–water partition coefficient (Wildman–Crippen LogP) is 4.82. The molecule has 0 spiro atoms. The maximum Gasteiger partial charge on any atom is 0.135 e. The molecule has 0 bridgehead atoms. The smallest absolute Gasteiger partial charge is 0.135 e. The molecule has 1 unspecified atom stereocenters. The summed E-state index contributed by atoms with van der Waals surface area (Å²) in [4.78, 5) is 4.46. The Hall–Kier alpha value is -0.170. The first-order chi connectivity index (χ1) is 11.9. The van der Waals surface area contributed by atoms with Crippen LogP contribution in [0.5, 0.6) is 5.75 Å². The van der Waals surface area contributed by atoms with Gasteiger partial charge in [0.2, 0.25) is 0 Å². The van der Waals surface area contributed by atoms with Crippen molar-refractivity contribution in [2.75, 3.05) is 26.3 Å². The highest BCUT2D eigenvalue weighted by Crippen LogP contribution is 2.34. The zero-order chi connectivity index (χ0) is 19.4. The summed E-state index contributed by atoms with van der Waals surface area (Å²) in [7, 11) is 0. The van der Waals surface area contributed by atoms with Gasteiger partial charge in [-0.05, 0) is 31.0 Å². The Bertz CT molecular complexity index is 488. The van der Waals surface area contributed by atoms with Crippen molar-refractivity contribution in [3.8, 4) is 5.75 Å². The van der Waals surface area contributed by atoms with Gasteiger partial charge in [-0.1, -0.05) is 57.0 Å². The fourth-order valence-corrected chi connectivity index (χ4v) is 2.99. The minimum Gasteiger partial charge on any atom is -0.506 e. The van der Waals surface area contributed by atoms with E-state index in [1.807, 2.05) is 19.9 Å². The van der Waals surface area contributed by atoms with E-state index in [4.69, 9.17) is 28.9 Å². The van der Waals surface area contributed by atoms with Gasteiger partial charge in [0.15, 0.2) is 0 Å². The predicted molar refractivity (Wildman–Crippen MR) is 114 cm³/mol. The average molecular weight is 410 g/mol. The van der Waals surface area contributed by atoms with Gasteiger partial charge < -0.3 is 10.8 Å². The largest absolute Gasteiger partial charge is 0.506 e. The molecule has 4 nitrogen and oxygen atoms in total. The Kier molecular flexibility index (Phi) is 13.9. The Morgan fingerprint density at radius 1 is 1.16 bits per heavy atom. The van der Waals surface area contributed by atoms with E-state index in [9.17, 15) is 5.11 Å². The quantitative estimate of drug-likeness (QED) is 0.382. The summed E-state index contributed by atoms with van der Waals surface area (Å²) in [5.74, 6) is 0.00594. The highest BCUT2D eigenvalue weighted by molar-refractivity contribution is 7.80. The van der Waals surface area contributed by atoms with Crippen molar-refractivity contribution in [2.45, 2.75) is 52.5 Å². The lowest BCUT2D eigenvalue weighted by molar-refractivity contribution is 0.215. The highest BCUT2D eigenvalue weighted by Gasteiger charge is 2.17. The van der Waals surface area contributed by atoms with E-state index in [1.54, 1.807) is 6.07 Å². The highest BCUT2D eigenvalue weighted by atomic mass is 35.5. The number of halogens is 2. The zero-order valence-corrected chi connectivity index (χ0v) is 18.2. The summed E-state index contributed by atoms with van der Waals surface area (Å²) >= 11 is 16.9. The summed E-state index contributed by atoms with van der Waals surface area (Å²) in [5.41, 5.74) is 6.60. The Balaban J connectivity index is 0.00000277. The van der Waals surface area contributed by atoms with E-state index in [1.165, 1.54) is 0 Å². The van der Waals surface area contributed by atoms with Gasteiger partial charge in [0.05, 0.1) is 10.4 Å². The summed E-state index contributed by atoms with van der Waals surface area (Å²) in [6.45, 7) is 12.2. The van der Waals surface area contributed by atoms with Crippen molar-refractivity contribution < 1.29 is 5.11 Å². The molecule has 0 aliphatic heterocycles. The summed E-state index contributed by atoms with van der Waals surface area (Å²) < 4.78 is 0. The topological polar surface area (TPSA) is 52.7 Å². The van der Waals surface area contributed by atoms with Crippen LogP contribution in [0, 0.1) is 0 Å². The SMILES string of the molecule is CC.CCC(S)N(CCCN(CC)CN)Cc1ccc(O)c(Cl)c1Cl. The number of aromatic hydroxyl groups is 1. The van der Waals surface area contributed by atoms with Crippen LogP contribution in [-0.4, -0.2) is 46.6 Å². The summed E-state index contributed by atoms with van der Waals surface area (Å²) in [5, 5.41) is 10.4. The van der Waals surface area contributed by atoms with Crippen LogP contribution in [0.1, 0.15) is 46.1 Å². The third kappa shape index (κ3) is 8.37. The number of rotatable bonds is 10. The van der Waals surface area contributed by atoms with Crippen molar-refractivity contribution in [2.24, 2.45) is 5.73 Å². The third-order valence-corrected chi connectivity index (χ3v) is 5.53. The number of nitrogens with zero attached hydrogens (tertiary/aromatic N) is 2. The average Bonchev–Trinajstić information content (AvgIpc) is 2.65. The Morgan fingerprint density at radius 2 is 1.80 bits per heavy atom. The molecule has 0 saturated heterocycles. The number of phenolic OH excluding ortho intramolecular Hbond substituents is 1. The molecule has 25 heavy (non-hydrogen) atoms. The van der Waals surface area contributed by atoms with E-state index in [0.717, 1.165) is 38.0 Å². The van der Waals surface area contributed by atoms with Gasteiger partial charge in [-0.3, -0.25) is 9.80 Å². The molecule has 0 amide bonds. The van der Waals surface area contributed by atoms with E-state index >= 15 is 0 Å². The third-order valence-electron chi connectivity index (χ3n) is 3.93. The van der Waals surface area contributed by atoms with Crippen molar-refractivity contribution >= 4 is 35.8 Å². The van der Waals surface area contributed by atoms with E-state index in [-0.39, 0.29) is 16.1 Å².